The highest BCUT2D eigenvalue weighted by molar-refractivity contribution is 6.10. The molecule has 2 aliphatic rings. The van der Waals surface area contributed by atoms with Gasteiger partial charge in [0.25, 0.3) is 5.91 Å². The van der Waals surface area contributed by atoms with Crippen molar-refractivity contribution >= 4 is 17.4 Å². The molecule has 2 aromatic rings. The zero-order chi connectivity index (χ0) is 23.2. The molecule has 4 rings (SSSR count). The van der Waals surface area contributed by atoms with Crippen molar-refractivity contribution in [2.45, 2.75) is 46.5 Å². The molecule has 2 aromatic carbocycles. The maximum atomic E-state index is 14.2. The van der Waals surface area contributed by atoms with Crippen LogP contribution >= 0.6 is 0 Å². The second kappa shape index (κ2) is 8.01. The SMILES string of the molecule is CC1=C(C(=O)Nc2ccc(F)cc2F)C(c2ccccc2C)C2=C(CC(C)(C)CC2=O)N1. The van der Waals surface area contributed by atoms with Gasteiger partial charge in [-0.05, 0) is 48.9 Å². The maximum absolute atomic E-state index is 14.2. The van der Waals surface area contributed by atoms with E-state index in [1.165, 1.54) is 6.07 Å². The van der Waals surface area contributed by atoms with Gasteiger partial charge in [0.15, 0.2) is 5.78 Å². The van der Waals surface area contributed by atoms with Gasteiger partial charge in [-0.25, -0.2) is 8.78 Å². The van der Waals surface area contributed by atoms with E-state index in [-0.39, 0.29) is 16.9 Å². The maximum Gasteiger partial charge on any atom is 0.254 e. The molecule has 2 N–H and O–H groups in total. The molecular weight excluding hydrogens is 410 g/mol. The van der Waals surface area contributed by atoms with E-state index < -0.39 is 23.5 Å². The van der Waals surface area contributed by atoms with Crippen LogP contribution in [-0.4, -0.2) is 11.7 Å². The highest BCUT2D eigenvalue weighted by atomic mass is 19.1. The fourth-order valence-corrected chi connectivity index (χ4v) is 4.74. The molecule has 166 valence electrons. The van der Waals surface area contributed by atoms with Crippen molar-refractivity contribution in [1.29, 1.82) is 0 Å². The molecule has 0 saturated heterocycles. The van der Waals surface area contributed by atoms with Crippen LogP contribution in [0.4, 0.5) is 14.5 Å². The molecule has 1 atom stereocenters. The summed E-state index contributed by atoms with van der Waals surface area (Å²) in [5, 5.41) is 5.86. The number of aryl methyl sites for hydroxylation is 1. The highest BCUT2D eigenvalue weighted by Gasteiger charge is 2.43. The van der Waals surface area contributed by atoms with Crippen molar-refractivity contribution in [3.63, 3.8) is 0 Å². The van der Waals surface area contributed by atoms with Gasteiger partial charge in [0.1, 0.15) is 11.6 Å². The highest BCUT2D eigenvalue weighted by Crippen LogP contribution is 2.47. The summed E-state index contributed by atoms with van der Waals surface area (Å²) in [4.78, 5) is 26.7. The van der Waals surface area contributed by atoms with Gasteiger partial charge in [0.2, 0.25) is 0 Å². The Balaban J connectivity index is 1.83. The van der Waals surface area contributed by atoms with Crippen LogP contribution in [-0.2, 0) is 9.59 Å². The monoisotopic (exact) mass is 436 g/mol. The van der Waals surface area contributed by atoms with E-state index in [1.54, 1.807) is 6.92 Å². The first kappa shape index (κ1) is 21.9. The molecule has 1 unspecified atom stereocenters. The number of hydrogen-bond acceptors (Lipinski definition) is 3. The Hall–Kier alpha value is -3.28. The topological polar surface area (TPSA) is 58.2 Å². The third-order valence-electron chi connectivity index (χ3n) is 6.16. The van der Waals surface area contributed by atoms with E-state index in [9.17, 15) is 18.4 Å². The largest absolute Gasteiger partial charge is 0.362 e. The number of benzene rings is 2. The van der Waals surface area contributed by atoms with Crippen LogP contribution in [0.2, 0.25) is 0 Å². The van der Waals surface area contributed by atoms with Gasteiger partial charge in [0.05, 0.1) is 5.69 Å². The van der Waals surface area contributed by atoms with E-state index >= 15 is 0 Å². The summed E-state index contributed by atoms with van der Waals surface area (Å²) in [5.74, 6) is -2.68. The van der Waals surface area contributed by atoms with Crippen LogP contribution in [0.3, 0.4) is 0 Å². The van der Waals surface area contributed by atoms with Gasteiger partial charge in [-0.1, -0.05) is 38.1 Å². The van der Waals surface area contributed by atoms with Crippen LogP contribution < -0.4 is 10.6 Å². The summed E-state index contributed by atoms with van der Waals surface area (Å²) in [6.07, 6.45) is 1.08. The zero-order valence-corrected chi connectivity index (χ0v) is 18.6. The Labute approximate surface area is 186 Å². The summed E-state index contributed by atoms with van der Waals surface area (Å²) in [7, 11) is 0. The number of carbonyl (C=O) groups excluding carboxylic acids is 2. The number of carbonyl (C=O) groups is 2. The summed E-state index contributed by atoms with van der Waals surface area (Å²) >= 11 is 0. The lowest BCUT2D eigenvalue weighted by Crippen LogP contribution is -2.39. The number of ketones is 1. The number of rotatable bonds is 3. The first-order chi connectivity index (χ1) is 15.1. The molecular formula is C26H26F2N2O2. The van der Waals surface area contributed by atoms with Crippen LogP contribution in [0.25, 0.3) is 0 Å². The van der Waals surface area contributed by atoms with Crippen molar-refractivity contribution in [3.05, 3.63) is 87.8 Å². The Morgan fingerprint density at radius 1 is 1.09 bits per heavy atom. The summed E-state index contributed by atoms with van der Waals surface area (Å²) in [5.41, 5.74) is 3.91. The molecule has 1 amide bonds. The number of allylic oxidation sites excluding steroid dienone is 3. The van der Waals surface area contributed by atoms with Gasteiger partial charge in [-0.2, -0.15) is 0 Å². The number of Topliss-reactive ketones (excluding diaryl/α,β-unsaturated/α-hetero) is 1. The molecule has 0 saturated carbocycles. The predicted molar refractivity (Wildman–Crippen MR) is 120 cm³/mol. The Morgan fingerprint density at radius 2 is 1.81 bits per heavy atom. The minimum absolute atomic E-state index is 0.00256. The van der Waals surface area contributed by atoms with Gasteiger partial charge in [-0.15, -0.1) is 0 Å². The molecule has 1 heterocycles. The number of dihydropyridines is 1. The zero-order valence-electron chi connectivity index (χ0n) is 18.6. The van der Waals surface area contributed by atoms with Crippen molar-refractivity contribution in [2.75, 3.05) is 5.32 Å². The minimum atomic E-state index is -0.858. The normalized spacial score (nSPS) is 20.1. The van der Waals surface area contributed by atoms with Crippen molar-refractivity contribution in [1.82, 2.24) is 5.32 Å². The molecule has 6 heteroatoms. The number of halogens is 2. The van der Waals surface area contributed by atoms with Crippen molar-refractivity contribution in [2.24, 2.45) is 5.41 Å². The lowest BCUT2D eigenvalue weighted by Gasteiger charge is -2.40. The van der Waals surface area contributed by atoms with Crippen molar-refractivity contribution < 1.29 is 18.4 Å². The third kappa shape index (κ3) is 3.97. The molecule has 4 nitrogen and oxygen atoms in total. The fourth-order valence-electron chi connectivity index (χ4n) is 4.74. The Morgan fingerprint density at radius 3 is 2.50 bits per heavy atom. The fraction of sp³-hybridized carbons (Fsp3) is 0.308. The van der Waals surface area contributed by atoms with Crippen LogP contribution in [0.15, 0.2) is 65.0 Å². The molecule has 1 aliphatic carbocycles. The number of hydrogen-bond donors (Lipinski definition) is 2. The van der Waals surface area contributed by atoms with Crippen LogP contribution in [0.5, 0.6) is 0 Å². The Kier molecular flexibility index (Phi) is 5.49. The summed E-state index contributed by atoms with van der Waals surface area (Å²) in [6.45, 7) is 7.84. The predicted octanol–water partition coefficient (Wildman–Crippen LogP) is 5.52. The average Bonchev–Trinajstić information content (AvgIpc) is 2.68. The van der Waals surface area contributed by atoms with Gasteiger partial charge in [0, 0.05) is 40.9 Å². The van der Waals surface area contributed by atoms with Gasteiger partial charge >= 0.3 is 0 Å². The second-order valence-corrected chi connectivity index (χ2v) is 9.36. The molecule has 1 aliphatic heterocycles. The van der Waals surface area contributed by atoms with Crippen molar-refractivity contribution in [3.8, 4) is 0 Å². The smallest absolute Gasteiger partial charge is 0.254 e. The average molecular weight is 437 g/mol. The number of nitrogens with one attached hydrogen (secondary N) is 2. The molecule has 0 fully saturated rings. The lowest BCUT2D eigenvalue weighted by atomic mass is 9.68. The van der Waals surface area contributed by atoms with E-state index in [2.05, 4.69) is 24.5 Å². The third-order valence-corrected chi connectivity index (χ3v) is 6.16. The molecule has 0 bridgehead atoms. The van der Waals surface area contributed by atoms with E-state index in [0.29, 0.717) is 29.7 Å². The molecule has 32 heavy (non-hydrogen) atoms. The first-order valence-corrected chi connectivity index (χ1v) is 10.6. The van der Waals surface area contributed by atoms with Crippen LogP contribution in [0, 0.1) is 24.0 Å². The number of amides is 1. The van der Waals surface area contributed by atoms with E-state index in [1.807, 2.05) is 31.2 Å². The quantitative estimate of drug-likeness (QED) is 0.667. The standard InChI is InChI=1S/C26H26F2N2O2/c1-14-7-5-6-8-17(14)23-22(25(32)30-19-10-9-16(27)11-18(19)28)15(2)29-20-12-26(3,4)13-21(31)24(20)23/h5-11,23,29H,12-13H2,1-4H3,(H,30,32). The minimum Gasteiger partial charge on any atom is -0.362 e. The summed E-state index contributed by atoms with van der Waals surface area (Å²) < 4.78 is 27.5. The number of anilines is 1. The Bertz CT molecular complexity index is 1190. The van der Waals surface area contributed by atoms with Gasteiger partial charge < -0.3 is 10.6 Å². The van der Waals surface area contributed by atoms with E-state index in [4.69, 9.17) is 0 Å². The lowest BCUT2D eigenvalue weighted by molar-refractivity contribution is -0.118. The second-order valence-electron chi connectivity index (χ2n) is 9.36. The molecule has 0 radical (unpaired) electrons. The van der Waals surface area contributed by atoms with E-state index in [0.717, 1.165) is 29.0 Å². The first-order valence-electron chi connectivity index (χ1n) is 10.6. The van der Waals surface area contributed by atoms with Gasteiger partial charge in [-0.3, -0.25) is 9.59 Å². The molecule has 0 spiro atoms. The summed E-state index contributed by atoms with van der Waals surface area (Å²) in [6, 6.07) is 10.7. The molecule has 0 aromatic heterocycles. The van der Waals surface area contributed by atoms with Crippen LogP contribution in [0.1, 0.15) is 50.7 Å².